The number of aliphatic hydroxyl groups is 1. The van der Waals surface area contributed by atoms with Crippen LogP contribution < -0.4 is 37.8 Å². The van der Waals surface area contributed by atoms with Gasteiger partial charge in [-0.25, -0.2) is 14.4 Å². The number of carboxylic acids is 1. The van der Waals surface area contributed by atoms with E-state index in [-0.39, 0.29) is 37.2 Å². The second kappa shape index (κ2) is 19.8. The molecule has 1 saturated heterocycles. The summed E-state index contributed by atoms with van der Waals surface area (Å²) in [4.78, 5) is 99.9. The van der Waals surface area contributed by atoms with Gasteiger partial charge < -0.3 is 51.2 Å². The second-order valence-electron chi connectivity index (χ2n) is 17.3. The number of aliphatic hydroxyl groups excluding tert-OH is 1. The number of ether oxygens (including phenoxy) is 1. The summed E-state index contributed by atoms with van der Waals surface area (Å²) in [7, 11) is 1.47. The lowest BCUT2D eigenvalue weighted by Crippen LogP contribution is -2.63. The molecule has 4 heterocycles. The Kier molecular flexibility index (Phi) is 14.0. The Balaban J connectivity index is 1.14. The van der Waals surface area contributed by atoms with E-state index in [0.717, 1.165) is 45.1 Å². The number of aromatic amines is 2. The number of nitrogens with one attached hydrogen (secondary N) is 7. The van der Waals surface area contributed by atoms with E-state index in [1.54, 1.807) is 61.7 Å². The summed E-state index contributed by atoms with van der Waals surface area (Å²) in [6, 6.07) is 14.8. The van der Waals surface area contributed by atoms with Crippen LogP contribution in [0, 0.1) is 0 Å². The van der Waals surface area contributed by atoms with Crippen LogP contribution in [0.5, 0.6) is 5.75 Å². The smallest absolute Gasteiger partial charge is 0.331 e. The number of likely N-dealkylation sites (N-methyl/N-ethyl adjacent to an activating group) is 1. The van der Waals surface area contributed by atoms with Gasteiger partial charge in [-0.3, -0.25) is 34.0 Å². The molecule has 5 amide bonds. The van der Waals surface area contributed by atoms with E-state index in [0.29, 0.717) is 11.1 Å². The largest absolute Gasteiger partial charge is 0.508 e. The second-order valence-corrected chi connectivity index (χ2v) is 17.3. The molecule has 20 nitrogen and oxygen atoms in total. The van der Waals surface area contributed by atoms with Gasteiger partial charge in [0.2, 0.25) is 23.9 Å². The number of hydrogen-bond donors (Lipinski definition) is 10. The summed E-state index contributed by atoms with van der Waals surface area (Å²) in [6.07, 6.45) is 1.34. The zero-order chi connectivity index (χ0) is 48.2. The lowest BCUT2D eigenvalue weighted by Gasteiger charge is -2.41. The molecule has 2 aliphatic heterocycles. The van der Waals surface area contributed by atoms with E-state index in [1.807, 2.05) is 38.1 Å². The van der Waals surface area contributed by atoms with Gasteiger partial charge in [0.1, 0.15) is 35.7 Å². The first-order valence-electron chi connectivity index (χ1n) is 21.6. The highest BCUT2D eigenvalue weighted by Crippen LogP contribution is 2.33. The number of carbonyl (C=O) groups excluding carboxylic acids is 4. The summed E-state index contributed by atoms with van der Waals surface area (Å²) in [5.41, 5.74) is 1.51. The van der Waals surface area contributed by atoms with Crippen LogP contribution in [-0.2, 0) is 48.7 Å². The molecule has 0 spiro atoms. The summed E-state index contributed by atoms with van der Waals surface area (Å²) in [5.74, 6) is -3.37. The Morgan fingerprint density at radius 3 is 2.37 bits per heavy atom. The molecular weight excluding hydrogens is 867 g/mol. The number of rotatable bonds is 15. The average molecular weight is 920 g/mol. The van der Waals surface area contributed by atoms with E-state index in [9.17, 15) is 48.9 Å². The SMILES string of the molecule is CC(C(NC(=O)C(Cc1ccccc1)NC(=O)NC(Cc1c[nH]c2ccccc12)C(=O)O)C(=O)NC=C1CC(O)C(n2ccc(=O)[nH]c2=O)O1)N(C)C(=O)C1Cc2cc(O)ccc2C(C)(C)N1. The van der Waals surface area contributed by atoms with E-state index >= 15 is 0 Å². The van der Waals surface area contributed by atoms with Crippen LogP contribution in [0.25, 0.3) is 10.9 Å². The summed E-state index contributed by atoms with van der Waals surface area (Å²) >= 11 is 0. The molecule has 10 N–H and O–H groups in total. The molecule has 67 heavy (non-hydrogen) atoms. The van der Waals surface area contributed by atoms with Gasteiger partial charge >= 0.3 is 17.7 Å². The predicted octanol–water partition coefficient (Wildman–Crippen LogP) is 1.35. The molecule has 0 aliphatic carbocycles. The van der Waals surface area contributed by atoms with Crippen molar-refractivity contribution in [3.05, 3.63) is 146 Å². The number of H-pyrrole nitrogens is 2. The Hall–Kier alpha value is -7.71. The van der Waals surface area contributed by atoms with E-state index in [4.69, 9.17) is 4.74 Å². The molecule has 352 valence electrons. The Morgan fingerprint density at radius 1 is 0.925 bits per heavy atom. The van der Waals surface area contributed by atoms with Gasteiger partial charge in [-0.2, -0.15) is 0 Å². The number of carboxylic acid groups (broad SMARTS) is 1. The van der Waals surface area contributed by atoms with Crippen molar-refractivity contribution < 1.29 is 44.0 Å². The first-order chi connectivity index (χ1) is 31.9. The lowest BCUT2D eigenvalue weighted by atomic mass is 9.82. The molecule has 20 heteroatoms. The lowest BCUT2D eigenvalue weighted by molar-refractivity contribution is -0.139. The Bertz CT molecular complexity index is 2820. The van der Waals surface area contributed by atoms with Gasteiger partial charge in [-0.1, -0.05) is 54.6 Å². The minimum atomic E-state index is -1.52. The average Bonchev–Trinajstić information content (AvgIpc) is 3.88. The zero-order valence-electron chi connectivity index (χ0n) is 37.1. The predicted molar refractivity (Wildman–Crippen MR) is 243 cm³/mol. The fraction of sp³-hybridized carbons (Fsp3) is 0.340. The number of fused-ring (bicyclic) bond motifs is 2. The summed E-state index contributed by atoms with van der Waals surface area (Å²) in [6.45, 7) is 5.34. The number of amides is 5. The van der Waals surface area contributed by atoms with Gasteiger partial charge in [-0.15, -0.1) is 0 Å². The van der Waals surface area contributed by atoms with E-state index in [1.165, 1.54) is 11.9 Å². The number of aromatic nitrogens is 3. The van der Waals surface area contributed by atoms with Gasteiger partial charge in [0.25, 0.3) is 5.56 Å². The number of hydrogen-bond acceptors (Lipinski definition) is 11. The third-order valence-electron chi connectivity index (χ3n) is 12.2. The van der Waals surface area contributed by atoms with Gasteiger partial charge in [0.05, 0.1) is 12.1 Å². The summed E-state index contributed by atoms with van der Waals surface area (Å²) < 4.78 is 6.77. The van der Waals surface area contributed by atoms with Crippen LogP contribution in [0.2, 0.25) is 0 Å². The fourth-order valence-corrected chi connectivity index (χ4v) is 8.55. The topological polar surface area (TPSA) is 289 Å². The van der Waals surface area contributed by atoms with Crippen LogP contribution in [0.15, 0.2) is 113 Å². The molecule has 5 aromatic rings. The minimum Gasteiger partial charge on any atom is -0.508 e. The molecule has 2 aromatic heterocycles. The number of benzene rings is 3. The monoisotopic (exact) mass is 919 g/mol. The third-order valence-corrected chi connectivity index (χ3v) is 12.2. The van der Waals surface area contributed by atoms with Gasteiger partial charge in [0.15, 0.2) is 0 Å². The quantitative estimate of drug-likeness (QED) is 0.0713. The molecule has 3 aromatic carbocycles. The fourth-order valence-electron chi connectivity index (χ4n) is 8.55. The number of aromatic hydroxyl groups is 1. The van der Waals surface area contributed by atoms with Crippen molar-refractivity contribution in [2.45, 2.75) is 94.5 Å². The highest BCUT2D eigenvalue weighted by Gasteiger charge is 2.41. The first-order valence-corrected chi connectivity index (χ1v) is 21.6. The molecule has 7 unspecified atom stereocenters. The van der Waals surface area contributed by atoms with Crippen molar-refractivity contribution in [2.24, 2.45) is 0 Å². The van der Waals surface area contributed by atoms with Crippen molar-refractivity contribution in [1.29, 1.82) is 0 Å². The molecular formula is C47H53N9O11. The van der Waals surface area contributed by atoms with Crippen LogP contribution in [-0.4, -0.2) is 108 Å². The highest BCUT2D eigenvalue weighted by molar-refractivity contribution is 5.94. The molecule has 1 fully saturated rings. The van der Waals surface area contributed by atoms with Gasteiger partial charge in [0, 0.05) is 67.4 Å². The van der Waals surface area contributed by atoms with Crippen molar-refractivity contribution in [3.8, 4) is 5.75 Å². The van der Waals surface area contributed by atoms with Crippen LogP contribution in [0.3, 0.4) is 0 Å². The number of aliphatic carboxylic acids is 1. The highest BCUT2D eigenvalue weighted by atomic mass is 16.5. The first kappa shape index (κ1) is 47.3. The Morgan fingerprint density at radius 2 is 1.64 bits per heavy atom. The number of carbonyl (C=O) groups is 5. The number of urea groups is 1. The third kappa shape index (κ3) is 10.9. The zero-order valence-corrected chi connectivity index (χ0v) is 37.1. The normalized spacial score (nSPS) is 19.8. The molecule has 7 atom stereocenters. The Labute approximate surface area is 383 Å². The molecule has 7 rings (SSSR count). The van der Waals surface area contributed by atoms with Crippen LogP contribution >= 0.6 is 0 Å². The van der Waals surface area contributed by atoms with Crippen molar-refractivity contribution >= 4 is 40.6 Å². The minimum absolute atomic E-state index is 0.0360. The van der Waals surface area contributed by atoms with Gasteiger partial charge in [-0.05, 0) is 67.6 Å². The maximum Gasteiger partial charge on any atom is 0.331 e. The van der Waals surface area contributed by atoms with Crippen molar-refractivity contribution in [1.82, 2.24) is 46.0 Å². The van der Waals surface area contributed by atoms with Crippen LogP contribution in [0.1, 0.15) is 55.7 Å². The molecule has 2 aliphatic rings. The van der Waals surface area contributed by atoms with E-state index in [2.05, 4.69) is 36.6 Å². The maximum atomic E-state index is 14.5. The number of phenols is 1. The number of nitrogens with zero attached hydrogens (tertiary/aromatic N) is 2. The molecule has 0 radical (unpaired) electrons. The maximum absolute atomic E-state index is 14.5. The van der Waals surface area contributed by atoms with Crippen molar-refractivity contribution in [3.63, 3.8) is 0 Å². The molecule has 0 bridgehead atoms. The number of phenolic OH excluding ortho intramolecular Hbond substituents is 1. The van der Waals surface area contributed by atoms with E-state index < -0.39 is 89.1 Å². The van der Waals surface area contributed by atoms with Crippen LogP contribution in [0.4, 0.5) is 4.79 Å². The standard InChI is InChI=1S/C47H53N9O11/c1-25(55(4)42(62)35-20-27-19-29(57)14-15-32(27)47(2,3)54-35)39(41(61)49-24-30-22-37(58)43(67-30)56-17-16-38(59)52-46(56)66)53-40(60)34(18-26-10-6-5-7-11-26)50-45(65)51-36(44(63)64)21-28-23-48-33-13-9-8-12-31(28)33/h5-17,19,23-25,34-37,39,43,48,54,57-58H,18,20-22H2,1-4H3,(H,49,61)(H,53,60)(H,63,64)(H2,50,51,65)(H,52,59,66). The summed E-state index contributed by atoms with van der Waals surface area (Å²) in [5, 5.41) is 45.7. The number of para-hydroxylation sites is 1. The van der Waals surface area contributed by atoms with Crippen molar-refractivity contribution in [2.75, 3.05) is 7.05 Å². The molecule has 0 saturated carbocycles.